The predicted octanol–water partition coefficient (Wildman–Crippen LogP) is 1.99. The molecule has 2 rings (SSSR count). The van der Waals surface area contributed by atoms with E-state index < -0.39 is 14.8 Å². The summed E-state index contributed by atoms with van der Waals surface area (Å²) in [5.74, 6) is 0.111. The van der Waals surface area contributed by atoms with Crippen LogP contribution in [0.4, 0.5) is 11.4 Å². The van der Waals surface area contributed by atoms with E-state index in [9.17, 15) is 18.5 Å². The van der Waals surface area contributed by atoms with Gasteiger partial charge in [0.05, 0.1) is 10.7 Å². The Labute approximate surface area is 122 Å². The van der Waals surface area contributed by atoms with Gasteiger partial charge >= 0.3 is 0 Å². The highest BCUT2D eigenvalue weighted by atomic mass is 32.2. The van der Waals surface area contributed by atoms with Crippen molar-refractivity contribution in [2.75, 3.05) is 23.4 Å². The number of nitrogens with one attached hydrogen (secondary N) is 1. The minimum atomic E-state index is -3.05. The summed E-state index contributed by atoms with van der Waals surface area (Å²) in [6.45, 7) is 1.85. The summed E-state index contributed by atoms with van der Waals surface area (Å²) in [5, 5.41) is 14.6. The van der Waals surface area contributed by atoms with E-state index in [2.05, 4.69) is 10.3 Å². The summed E-state index contributed by atoms with van der Waals surface area (Å²) >= 11 is 0. The highest BCUT2D eigenvalue weighted by Gasteiger charge is 2.14. The van der Waals surface area contributed by atoms with Crippen LogP contribution in [-0.4, -0.2) is 36.4 Å². The molecule has 0 aliphatic rings. The Kier molecular flexibility index (Phi) is 4.37. The van der Waals surface area contributed by atoms with Crippen LogP contribution in [0.5, 0.6) is 0 Å². The van der Waals surface area contributed by atoms with Gasteiger partial charge in [0.1, 0.15) is 5.52 Å². The highest BCUT2D eigenvalue weighted by Crippen LogP contribution is 2.28. The van der Waals surface area contributed by atoms with Crippen LogP contribution in [0.25, 0.3) is 10.9 Å². The van der Waals surface area contributed by atoms with Crippen LogP contribution in [-0.2, 0) is 9.84 Å². The molecule has 0 spiro atoms. The van der Waals surface area contributed by atoms with Gasteiger partial charge in [-0.05, 0) is 6.07 Å². The first kappa shape index (κ1) is 15.2. The zero-order chi connectivity index (χ0) is 15.5. The van der Waals surface area contributed by atoms with Gasteiger partial charge in [0.2, 0.25) is 0 Å². The third-order valence-electron chi connectivity index (χ3n) is 3.11. The predicted molar refractivity (Wildman–Crippen MR) is 81.2 cm³/mol. The van der Waals surface area contributed by atoms with Crippen molar-refractivity contribution in [3.63, 3.8) is 0 Å². The molecule has 0 aliphatic heterocycles. The number of benzene rings is 1. The molecule has 8 heteroatoms. The van der Waals surface area contributed by atoms with Gasteiger partial charge in [-0.25, -0.2) is 13.4 Å². The number of fused-ring (bicyclic) bond motifs is 1. The largest absolute Gasteiger partial charge is 0.383 e. The van der Waals surface area contributed by atoms with Gasteiger partial charge in [-0.1, -0.05) is 19.1 Å². The maximum Gasteiger partial charge on any atom is 0.295 e. The summed E-state index contributed by atoms with van der Waals surface area (Å²) in [4.78, 5) is 14.5. The quantitative estimate of drug-likeness (QED) is 0.646. The third kappa shape index (κ3) is 3.46. The number of sulfone groups is 1. The Morgan fingerprint density at radius 3 is 2.76 bits per heavy atom. The molecule has 1 aromatic carbocycles. The molecular formula is C13H15N3O4S. The number of rotatable bonds is 6. The van der Waals surface area contributed by atoms with Gasteiger partial charge in [-0.15, -0.1) is 0 Å². The van der Waals surface area contributed by atoms with Gasteiger partial charge in [-0.2, -0.15) is 0 Å². The number of aromatic nitrogens is 1. The van der Waals surface area contributed by atoms with E-state index in [0.717, 1.165) is 0 Å². The van der Waals surface area contributed by atoms with Gasteiger partial charge in [0.25, 0.3) is 5.69 Å². The Morgan fingerprint density at radius 2 is 2.10 bits per heavy atom. The molecule has 21 heavy (non-hydrogen) atoms. The van der Waals surface area contributed by atoms with Crippen molar-refractivity contribution in [1.29, 1.82) is 0 Å². The number of hydrogen-bond donors (Lipinski definition) is 1. The third-order valence-corrected chi connectivity index (χ3v) is 4.82. The van der Waals surface area contributed by atoms with E-state index in [-0.39, 0.29) is 29.3 Å². The molecule has 1 heterocycles. The molecule has 0 bridgehead atoms. The Hall–Kier alpha value is -2.22. The monoisotopic (exact) mass is 309 g/mol. The van der Waals surface area contributed by atoms with Crippen LogP contribution < -0.4 is 5.32 Å². The fourth-order valence-electron chi connectivity index (χ4n) is 1.95. The Bertz CT molecular complexity index is 774. The average molecular weight is 309 g/mol. The van der Waals surface area contributed by atoms with E-state index in [1.807, 2.05) is 0 Å². The molecule has 1 aromatic heterocycles. The van der Waals surface area contributed by atoms with Gasteiger partial charge in [-0.3, -0.25) is 10.1 Å². The van der Waals surface area contributed by atoms with Crippen LogP contribution in [0.3, 0.4) is 0 Å². The van der Waals surface area contributed by atoms with Crippen molar-refractivity contribution in [3.8, 4) is 0 Å². The lowest BCUT2D eigenvalue weighted by Crippen LogP contribution is -2.17. The lowest BCUT2D eigenvalue weighted by molar-refractivity contribution is -0.383. The van der Waals surface area contributed by atoms with E-state index in [4.69, 9.17) is 0 Å². The second-order valence-electron chi connectivity index (χ2n) is 4.45. The molecule has 0 unspecified atom stereocenters. The lowest BCUT2D eigenvalue weighted by Gasteiger charge is -2.09. The summed E-state index contributed by atoms with van der Waals surface area (Å²) in [6.07, 6.45) is 1.46. The zero-order valence-electron chi connectivity index (χ0n) is 11.4. The lowest BCUT2D eigenvalue weighted by atomic mass is 10.1. The van der Waals surface area contributed by atoms with Crippen molar-refractivity contribution in [2.45, 2.75) is 6.92 Å². The molecule has 0 saturated heterocycles. The molecule has 0 atom stereocenters. The molecule has 2 aromatic rings. The van der Waals surface area contributed by atoms with Crippen LogP contribution in [0.1, 0.15) is 6.92 Å². The van der Waals surface area contributed by atoms with Crippen molar-refractivity contribution in [3.05, 3.63) is 40.6 Å². The fraction of sp³-hybridized carbons (Fsp3) is 0.308. The van der Waals surface area contributed by atoms with E-state index in [0.29, 0.717) is 11.1 Å². The maximum absolute atomic E-state index is 11.5. The number of nitro benzene ring substituents is 1. The van der Waals surface area contributed by atoms with Crippen molar-refractivity contribution in [1.82, 2.24) is 4.98 Å². The van der Waals surface area contributed by atoms with Crippen LogP contribution in [0, 0.1) is 10.1 Å². The molecule has 7 nitrogen and oxygen atoms in total. The number of pyridine rings is 1. The van der Waals surface area contributed by atoms with E-state index in [1.165, 1.54) is 12.3 Å². The van der Waals surface area contributed by atoms with Crippen molar-refractivity contribution in [2.24, 2.45) is 0 Å². The smallest absolute Gasteiger partial charge is 0.295 e. The zero-order valence-corrected chi connectivity index (χ0v) is 12.3. The van der Waals surface area contributed by atoms with Crippen LogP contribution in [0.15, 0.2) is 30.5 Å². The molecule has 1 N–H and O–H groups in total. The molecule has 0 aliphatic carbocycles. The number of hydrogen-bond acceptors (Lipinski definition) is 6. The van der Waals surface area contributed by atoms with E-state index in [1.54, 1.807) is 25.1 Å². The summed E-state index contributed by atoms with van der Waals surface area (Å²) in [7, 11) is -3.05. The second-order valence-corrected chi connectivity index (χ2v) is 6.92. The molecule has 112 valence electrons. The van der Waals surface area contributed by atoms with Crippen molar-refractivity contribution >= 4 is 32.1 Å². The first-order valence-electron chi connectivity index (χ1n) is 6.41. The molecule has 0 saturated carbocycles. The first-order valence-corrected chi connectivity index (χ1v) is 8.23. The second kappa shape index (κ2) is 6.04. The minimum absolute atomic E-state index is 0.0161. The number of para-hydroxylation sites is 1. The standard InChI is InChI=1S/C13H15N3O4S/c1-2-21(19,20)9-8-14-11-6-7-15-13-10(11)4-3-5-12(13)16(17)18/h3-7H,2,8-9H2,1H3,(H,14,15). The summed E-state index contributed by atoms with van der Waals surface area (Å²) in [6, 6.07) is 6.35. The fourth-order valence-corrected chi connectivity index (χ4v) is 2.65. The number of non-ortho nitro benzene ring substituents is 1. The van der Waals surface area contributed by atoms with E-state index >= 15 is 0 Å². The molecular weight excluding hydrogens is 294 g/mol. The molecule has 0 amide bonds. The van der Waals surface area contributed by atoms with Gasteiger partial charge in [0.15, 0.2) is 9.84 Å². The normalized spacial score (nSPS) is 11.5. The maximum atomic E-state index is 11.5. The highest BCUT2D eigenvalue weighted by molar-refractivity contribution is 7.91. The number of nitro groups is 1. The van der Waals surface area contributed by atoms with Gasteiger partial charge < -0.3 is 5.32 Å². The first-order chi connectivity index (χ1) is 9.94. The minimum Gasteiger partial charge on any atom is -0.383 e. The molecule has 0 fully saturated rings. The number of anilines is 1. The number of nitrogens with zero attached hydrogens (tertiary/aromatic N) is 2. The van der Waals surface area contributed by atoms with Gasteiger partial charge in [0, 0.05) is 35.6 Å². The van der Waals surface area contributed by atoms with Crippen molar-refractivity contribution < 1.29 is 13.3 Å². The Morgan fingerprint density at radius 1 is 1.33 bits per heavy atom. The van der Waals surface area contributed by atoms with Crippen LogP contribution >= 0.6 is 0 Å². The summed E-state index contributed by atoms with van der Waals surface area (Å²) in [5.41, 5.74) is 0.846. The topological polar surface area (TPSA) is 102 Å². The average Bonchev–Trinajstić information content (AvgIpc) is 2.46. The Balaban J connectivity index is 2.29. The van der Waals surface area contributed by atoms with Crippen LogP contribution in [0.2, 0.25) is 0 Å². The molecule has 0 radical (unpaired) electrons. The SMILES string of the molecule is CCS(=O)(=O)CCNc1ccnc2c([N+](=O)[O-])cccc12. The summed E-state index contributed by atoms with van der Waals surface area (Å²) < 4.78 is 22.9.